The summed E-state index contributed by atoms with van der Waals surface area (Å²) >= 11 is 0. The Morgan fingerprint density at radius 3 is 2.24 bits per heavy atom. The molecule has 0 saturated heterocycles. The molecule has 0 aliphatic heterocycles. The summed E-state index contributed by atoms with van der Waals surface area (Å²) in [4.78, 5) is 23.5. The molecule has 0 aromatic heterocycles. The lowest BCUT2D eigenvalue weighted by Gasteiger charge is -2.15. The maximum Gasteiger partial charge on any atom is 0.251 e. The Labute approximate surface area is 122 Å². The highest BCUT2D eigenvalue weighted by Crippen LogP contribution is 2.11. The average Bonchev–Trinajstić information content (AvgIpc) is 2.49. The lowest BCUT2D eigenvalue weighted by atomic mass is 10.0. The Kier molecular flexibility index (Phi) is 4.56. The van der Waals surface area contributed by atoms with Gasteiger partial charge in [0.2, 0.25) is 5.91 Å². The number of carbonyl (C=O) groups is 2. The zero-order valence-corrected chi connectivity index (χ0v) is 11.3. The Hall–Kier alpha value is -2.82. The molecule has 0 fully saturated rings. The molecule has 0 bridgehead atoms. The van der Waals surface area contributed by atoms with E-state index >= 15 is 0 Å². The van der Waals surface area contributed by atoms with Crippen LogP contribution in [0.4, 0.5) is 0 Å². The van der Waals surface area contributed by atoms with Gasteiger partial charge in [0.1, 0.15) is 11.8 Å². The molecule has 5 nitrogen and oxygen atoms in total. The van der Waals surface area contributed by atoms with E-state index in [9.17, 15) is 14.7 Å². The van der Waals surface area contributed by atoms with Crippen molar-refractivity contribution in [3.8, 4) is 5.75 Å². The van der Waals surface area contributed by atoms with Gasteiger partial charge in [0.25, 0.3) is 5.91 Å². The van der Waals surface area contributed by atoms with Gasteiger partial charge < -0.3 is 16.2 Å². The maximum atomic E-state index is 12.0. The number of hydrogen-bond acceptors (Lipinski definition) is 3. The molecule has 0 heterocycles. The predicted octanol–water partition coefficient (Wildman–Crippen LogP) is 1.22. The zero-order valence-electron chi connectivity index (χ0n) is 11.3. The minimum atomic E-state index is -0.803. The average molecular weight is 284 g/mol. The number of amides is 2. The molecule has 21 heavy (non-hydrogen) atoms. The summed E-state index contributed by atoms with van der Waals surface area (Å²) in [6, 6.07) is 14.2. The predicted molar refractivity (Wildman–Crippen MR) is 78.7 cm³/mol. The van der Waals surface area contributed by atoms with E-state index in [2.05, 4.69) is 5.32 Å². The molecule has 2 amide bonds. The fraction of sp³-hybridized carbons (Fsp3) is 0.125. The van der Waals surface area contributed by atoms with Crippen LogP contribution in [0.15, 0.2) is 54.6 Å². The first kappa shape index (κ1) is 14.6. The molecule has 2 aromatic rings. The maximum absolute atomic E-state index is 12.0. The Morgan fingerprint density at radius 1 is 1.05 bits per heavy atom. The van der Waals surface area contributed by atoms with E-state index in [1.807, 2.05) is 0 Å². The minimum absolute atomic E-state index is 0.141. The van der Waals surface area contributed by atoms with Gasteiger partial charge in [0.15, 0.2) is 0 Å². The number of nitrogens with one attached hydrogen (secondary N) is 1. The van der Waals surface area contributed by atoms with Crippen molar-refractivity contribution in [2.45, 2.75) is 12.5 Å². The lowest BCUT2D eigenvalue weighted by molar-refractivity contribution is -0.119. The summed E-state index contributed by atoms with van der Waals surface area (Å²) in [6.07, 6.45) is 0.272. The molecule has 0 unspecified atom stereocenters. The molecule has 0 spiro atoms. The molecule has 2 rings (SSSR count). The molecule has 0 radical (unpaired) electrons. The van der Waals surface area contributed by atoms with E-state index < -0.39 is 11.9 Å². The number of nitrogens with two attached hydrogens (primary N) is 1. The lowest BCUT2D eigenvalue weighted by Crippen LogP contribution is -2.45. The van der Waals surface area contributed by atoms with Gasteiger partial charge in [-0.3, -0.25) is 9.59 Å². The fourth-order valence-corrected chi connectivity index (χ4v) is 1.92. The molecular formula is C16H16N2O3. The van der Waals surface area contributed by atoms with Crippen LogP contribution in [0.5, 0.6) is 5.75 Å². The van der Waals surface area contributed by atoms with Crippen molar-refractivity contribution >= 4 is 11.8 Å². The van der Waals surface area contributed by atoms with Crippen LogP contribution in [0.1, 0.15) is 15.9 Å². The van der Waals surface area contributed by atoms with Crippen LogP contribution in [-0.2, 0) is 11.2 Å². The van der Waals surface area contributed by atoms with Crippen LogP contribution in [0, 0.1) is 0 Å². The van der Waals surface area contributed by atoms with E-state index in [1.165, 1.54) is 12.1 Å². The van der Waals surface area contributed by atoms with E-state index in [4.69, 9.17) is 5.73 Å². The molecule has 0 aliphatic rings. The highest BCUT2D eigenvalue weighted by atomic mass is 16.3. The van der Waals surface area contributed by atoms with Gasteiger partial charge in [0, 0.05) is 12.0 Å². The molecule has 5 heteroatoms. The van der Waals surface area contributed by atoms with Crippen molar-refractivity contribution < 1.29 is 14.7 Å². The molecule has 1 atom stereocenters. The number of benzene rings is 2. The summed E-state index contributed by atoms with van der Waals surface area (Å²) in [5.41, 5.74) is 6.60. The number of hydrogen-bond donors (Lipinski definition) is 3. The number of phenolic OH excluding ortho intramolecular Hbond substituents is 1. The number of rotatable bonds is 5. The topological polar surface area (TPSA) is 92.4 Å². The Balaban J connectivity index is 2.07. The third-order valence-corrected chi connectivity index (χ3v) is 3.06. The van der Waals surface area contributed by atoms with Crippen LogP contribution in [0.2, 0.25) is 0 Å². The highest BCUT2D eigenvalue weighted by molar-refractivity contribution is 5.97. The summed E-state index contributed by atoms with van der Waals surface area (Å²) in [5, 5.41) is 11.9. The van der Waals surface area contributed by atoms with Crippen LogP contribution in [0.25, 0.3) is 0 Å². The second kappa shape index (κ2) is 6.56. The van der Waals surface area contributed by atoms with Crippen molar-refractivity contribution in [1.29, 1.82) is 0 Å². The summed E-state index contributed by atoms with van der Waals surface area (Å²) in [5.74, 6) is -0.812. The molecule has 4 N–H and O–H groups in total. The van der Waals surface area contributed by atoms with E-state index in [0.717, 1.165) is 5.56 Å². The van der Waals surface area contributed by atoms with Crippen LogP contribution in [0.3, 0.4) is 0 Å². The van der Waals surface area contributed by atoms with Gasteiger partial charge in [-0.15, -0.1) is 0 Å². The summed E-state index contributed by atoms with van der Waals surface area (Å²) in [6.45, 7) is 0. The second-order valence-corrected chi connectivity index (χ2v) is 4.67. The Bertz CT molecular complexity index is 624. The van der Waals surface area contributed by atoms with Crippen molar-refractivity contribution in [3.63, 3.8) is 0 Å². The van der Waals surface area contributed by atoms with Crippen LogP contribution in [-0.4, -0.2) is 23.0 Å². The van der Waals surface area contributed by atoms with Gasteiger partial charge in [-0.2, -0.15) is 0 Å². The molecule has 0 aliphatic carbocycles. The van der Waals surface area contributed by atoms with Crippen molar-refractivity contribution in [3.05, 3.63) is 65.7 Å². The van der Waals surface area contributed by atoms with Crippen LogP contribution < -0.4 is 11.1 Å². The first-order valence-electron chi connectivity index (χ1n) is 6.49. The van der Waals surface area contributed by atoms with Crippen molar-refractivity contribution in [1.82, 2.24) is 5.32 Å². The van der Waals surface area contributed by atoms with E-state index in [0.29, 0.717) is 5.56 Å². The Morgan fingerprint density at radius 2 is 1.67 bits per heavy atom. The van der Waals surface area contributed by atoms with Crippen molar-refractivity contribution in [2.24, 2.45) is 5.73 Å². The van der Waals surface area contributed by atoms with Gasteiger partial charge in [-0.25, -0.2) is 0 Å². The fourth-order valence-electron chi connectivity index (χ4n) is 1.92. The second-order valence-electron chi connectivity index (χ2n) is 4.67. The number of phenols is 1. The van der Waals surface area contributed by atoms with E-state index in [1.54, 1.807) is 42.5 Å². The van der Waals surface area contributed by atoms with Gasteiger partial charge in [-0.05, 0) is 29.8 Å². The minimum Gasteiger partial charge on any atom is -0.508 e. The van der Waals surface area contributed by atoms with Gasteiger partial charge >= 0.3 is 0 Å². The number of primary amides is 1. The van der Waals surface area contributed by atoms with Gasteiger partial charge in [0.05, 0.1) is 0 Å². The van der Waals surface area contributed by atoms with E-state index in [-0.39, 0.29) is 18.1 Å². The largest absolute Gasteiger partial charge is 0.508 e. The standard InChI is InChI=1S/C16H16N2O3/c17-15(20)14(10-11-6-8-13(19)9-7-11)18-16(21)12-4-2-1-3-5-12/h1-9,14,19H,10H2,(H2,17,20)(H,18,21)/t14-/m1/s1. The zero-order chi connectivity index (χ0) is 15.2. The smallest absolute Gasteiger partial charge is 0.251 e. The molecule has 0 saturated carbocycles. The third-order valence-electron chi connectivity index (χ3n) is 3.06. The molecule has 108 valence electrons. The first-order chi connectivity index (χ1) is 10.1. The first-order valence-corrected chi connectivity index (χ1v) is 6.49. The number of aromatic hydroxyl groups is 1. The quantitative estimate of drug-likeness (QED) is 0.770. The normalized spacial score (nSPS) is 11.6. The SMILES string of the molecule is NC(=O)[C@@H](Cc1ccc(O)cc1)NC(=O)c1ccccc1. The third kappa shape index (κ3) is 4.07. The summed E-state index contributed by atoms with van der Waals surface area (Å²) in [7, 11) is 0. The van der Waals surface area contributed by atoms with Gasteiger partial charge in [-0.1, -0.05) is 30.3 Å². The van der Waals surface area contributed by atoms with Crippen molar-refractivity contribution in [2.75, 3.05) is 0 Å². The highest BCUT2D eigenvalue weighted by Gasteiger charge is 2.19. The van der Waals surface area contributed by atoms with Crippen LogP contribution >= 0.6 is 0 Å². The monoisotopic (exact) mass is 284 g/mol. The molecular weight excluding hydrogens is 268 g/mol. The molecule has 2 aromatic carbocycles. The number of carbonyl (C=O) groups excluding carboxylic acids is 2. The summed E-state index contributed by atoms with van der Waals surface area (Å²) < 4.78 is 0.